The Labute approximate surface area is 124 Å². The van der Waals surface area contributed by atoms with E-state index in [1.54, 1.807) is 6.07 Å². The average Bonchev–Trinajstić information content (AvgIpc) is 2.56. The number of para-hydroxylation sites is 1. The Balaban J connectivity index is 1.63. The lowest BCUT2D eigenvalue weighted by molar-refractivity contribution is 0.0739. The molecule has 0 radical (unpaired) electrons. The molecule has 1 saturated heterocycles. The van der Waals surface area contributed by atoms with E-state index in [1.165, 1.54) is 5.69 Å². The summed E-state index contributed by atoms with van der Waals surface area (Å²) >= 11 is 0. The van der Waals surface area contributed by atoms with Crippen LogP contribution >= 0.6 is 0 Å². The van der Waals surface area contributed by atoms with E-state index in [2.05, 4.69) is 27.2 Å². The van der Waals surface area contributed by atoms with Gasteiger partial charge in [-0.15, -0.1) is 5.10 Å². The highest BCUT2D eigenvalue weighted by Gasteiger charge is 2.23. The molecule has 2 heterocycles. The van der Waals surface area contributed by atoms with Crippen LogP contribution < -0.4 is 4.90 Å². The van der Waals surface area contributed by atoms with E-state index in [9.17, 15) is 4.79 Å². The Morgan fingerprint density at radius 2 is 1.67 bits per heavy atom. The summed E-state index contributed by atoms with van der Waals surface area (Å²) in [5.74, 6) is -0.0322. The Bertz CT molecular complexity index is 604. The number of benzene rings is 1. The smallest absolute Gasteiger partial charge is 0.274 e. The largest absolute Gasteiger partial charge is 0.368 e. The molecule has 1 aromatic carbocycles. The van der Waals surface area contributed by atoms with Crippen molar-refractivity contribution in [3.63, 3.8) is 0 Å². The first kappa shape index (κ1) is 13.5. The monoisotopic (exact) mass is 282 g/mol. The van der Waals surface area contributed by atoms with E-state index in [0.717, 1.165) is 18.8 Å². The normalized spacial score (nSPS) is 15.1. The Morgan fingerprint density at radius 3 is 2.29 bits per heavy atom. The van der Waals surface area contributed by atoms with Crippen molar-refractivity contribution in [2.24, 2.45) is 0 Å². The zero-order valence-corrected chi connectivity index (χ0v) is 12.1. The molecule has 0 bridgehead atoms. The Hall–Kier alpha value is -2.43. The summed E-state index contributed by atoms with van der Waals surface area (Å²) in [6, 6.07) is 13.9. The van der Waals surface area contributed by atoms with Crippen LogP contribution in [0.1, 0.15) is 16.2 Å². The summed E-state index contributed by atoms with van der Waals surface area (Å²) in [6.45, 7) is 4.97. The topological polar surface area (TPSA) is 49.3 Å². The van der Waals surface area contributed by atoms with Crippen molar-refractivity contribution in [1.29, 1.82) is 0 Å². The van der Waals surface area contributed by atoms with Gasteiger partial charge in [-0.05, 0) is 31.2 Å². The van der Waals surface area contributed by atoms with Crippen molar-refractivity contribution in [2.45, 2.75) is 6.92 Å². The molecular formula is C16H18N4O. The SMILES string of the molecule is Cc1ccc(C(=O)N2CCN(c3ccccc3)CC2)nn1. The maximum absolute atomic E-state index is 12.4. The molecule has 5 nitrogen and oxygen atoms in total. The van der Waals surface area contributed by atoms with E-state index in [4.69, 9.17) is 0 Å². The summed E-state index contributed by atoms with van der Waals surface area (Å²) in [6.07, 6.45) is 0. The van der Waals surface area contributed by atoms with Gasteiger partial charge in [0.05, 0.1) is 5.69 Å². The van der Waals surface area contributed by atoms with Gasteiger partial charge in [-0.1, -0.05) is 18.2 Å². The first-order valence-corrected chi connectivity index (χ1v) is 7.13. The molecule has 21 heavy (non-hydrogen) atoms. The maximum Gasteiger partial charge on any atom is 0.274 e. The molecule has 0 aliphatic carbocycles. The molecule has 0 saturated carbocycles. The lowest BCUT2D eigenvalue weighted by Crippen LogP contribution is -2.49. The molecule has 2 aromatic rings. The van der Waals surface area contributed by atoms with E-state index >= 15 is 0 Å². The zero-order valence-electron chi connectivity index (χ0n) is 12.1. The van der Waals surface area contributed by atoms with Crippen LogP contribution in [-0.2, 0) is 0 Å². The van der Waals surface area contributed by atoms with Crippen molar-refractivity contribution in [1.82, 2.24) is 15.1 Å². The summed E-state index contributed by atoms with van der Waals surface area (Å²) in [4.78, 5) is 16.5. The molecule has 5 heteroatoms. The Kier molecular flexibility index (Phi) is 3.81. The third-order valence-corrected chi connectivity index (χ3v) is 3.71. The molecule has 1 amide bonds. The molecular weight excluding hydrogens is 264 g/mol. The summed E-state index contributed by atoms with van der Waals surface area (Å²) < 4.78 is 0. The summed E-state index contributed by atoms with van der Waals surface area (Å²) in [5.41, 5.74) is 2.45. The molecule has 0 unspecified atom stereocenters. The van der Waals surface area contributed by atoms with E-state index in [-0.39, 0.29) is 5.91 Å². The number of anilines is 1. The quantitative estimate of drug-likeness (QED) is 0.842. The number of piperazine rings is 1. The number of hydrogen-bond acceptors (Lipinski definition) is 4. The first-order valence-electron chi connectivity index (χ1n) is 7.13. The Morgan fingerprint density at radius 1 is 0.952 bits per heavy atom. The zero-order chi connectivity index (χ0) is 14.7. The number of aromatic nitrogens is 2. The van der Waals surface area contributed by atoms with Crippen LogP contribution in [0.5, 0.6) is 0 Å². The number of carbonyl (C=O) groups excluding carboxylic acids is 1. The average molecular weight is 282 g/mol. The number of amides is 1. The standard InChI is InChI=1S/C16H18N4O/c1-13-7-8-15(18-17-13)16(21)20-11-9-19(10-12-20)14-5-3-2-4-6-14/h2-8H,9-12H2,1H3. The van der Waals surface area contributed by atoms with Crippen molar-refractivity contribution >= 4 is 11.6 Å². The van der Waals surface area contributed by atoms with Gasteiger partial charge in [-0.2, -0.15) is 5.10 Å². The number of hydrogen-bond donors (Lipinski definition) is 0. The summed E-state index contributed by atoms with van der Waals surface area (Å²) in [5, 5.41) is 7.93. The molecule has 108 valence electrons. The van der Waals surface area contributed by atoms with Crippen LogP contribution in [0.4, 0.5) is 5.69 Å². The van der Waals surface area contributed by atoms with Crippen LogP contribution in [0.25, 0.3) is 0 Å². The fourth-order valence-electron chi connectivity index (χ4n) is 2.48. The molecule has 1 aromatic heterocycles. The van der Waals surface area contributed by atoms with Crippen LogP contribution in [0, 0.1) is 6.92 Å². The van der Waals surface area contributed by atoms with Crippen LogP contribution in [-0.4, -0.2) is 47.2 Å². The number of nitrogens with zero attached hydrogens (tertiary/aromatic N) is 4. The molecule has 1 fully saturated rings. The van der Waals surface area contributed by atoms with Gasteiger partial charge in [0.2, 0.25) is 0 Å². The molecule has 0 spiro atoms. The van der Waals surface area contributed by atoms with Gasteiger partial charge in [-0.25, -0.2) is 0 Å². The van der Waals surface area contributed by atoms with Crippen molar-refractivity contribution in [2.75, 3.05) is 31.1 Å². The maximum atomic E-state index is 12.4. The highest BCUT2D eigenvalue weighted by atomic mass is 16.2. The van der Waals surface area contributed by atoms with Gasteiger partial charge >= 0.3 is 0 Å². The van der Waals surface area contributed by atoms with Gasteiger partial charge in [0, 0.05) is 31.9 Å². The fraction of sp³-hybridized carbons (Fsp3) is 0.312. The second kappa shape index (κ2) is 5.91. The first-order chi connectivity index (χ1) is 10.2. The van der Waals surface area contributed by atoms with Crippen molar-refractivity contribution in [3.05, 3.63) is 53.9 Å². The third-order valence-electron chi connectivity index (χ3n) is 3.71. The van der Waals surface area contributed by atoms with E-state index < -0.39 is 0 Å². The minimum absolute atomic E-state index is 0.0322. The molecule has 0 N–H and O–H groups in total. The molecule has 0 atom stereocenters. The lowest BCUT2D eigenvalue weighted by atomic mass is 10.2. The van der Waals surface area contributed by atoms with Crippen molar-refractivity contribution in [3.8, 4) is 0 Å². The predicted molar refractivity (Wildman–Crippen MR) is 81.3 cm³/mol. The summed E-state index contributed by atoms with van der Waals surface area (Å²) in [7, 11) is 0. The fourth-order valence-corrected chi connectivity index (χ4v) is 2.48. The second-order valence-corrected chi connectivity index (χ2v) is 5.17. The van der Waals surface area contributed by atoms with E-state index in [0.29, 0.717) is 18.8 Å². The highest BCUT2D eigenvalue weighted by Crippen LogP contribution is 2.16. The number of carbonyl (C=O) groups is 1. The van der Waals surface area contributed by atoms with E-state index in [1.807, 2.05) is 36.1 Å². The van der Waals surface area contributed by atoms with Gasteiger partial charge in [0.15, 0.2) is 5.69 Å². The van der Waals surface area contributed by atoms with Gasteiger partial charge < -0.3 is 9.80 Å². The molecule has 3 rings (SSSR count). The minimum atomic E-state index is -0.0322. The predicted octanol–water partition coefficient (Wildman–Crippen LogP) is 1.75. The van der Waals surface area contributed by atoms with Gasteiger partial charge in [0.25, 0.3) is 5.91 Å². The van der Waals surface area contributed by atoms with Crippen LogP contribution in [0.2, 0.25) is 0 Å². The third kappa shape index (κ3) is 3.02. The van der Waals surface area contributed by atoms with Crippen LogP contribution in [0.3, 0.4) is 0 Å². The number of aryl methyl sites for hydroxylation is 1. The molecule has 1 aliphatic rings. The lowest BCUT2D eigenvalue weighted by Gasteiger charge is -2.35. The van der Waals surface area contributed by atoms with Gasteiger partial charge in [0.1, 0.15) is 0 Å². The van der Waals surface area contributed by atoms with Crippen LogP contribution in [0.15, 0.2) is 42.5 Å². The second-order valence-electron chi connectivity index (χ2n) is 5.17. The highest BCUT2D eigenvalue weighted by molar-refractivity contribution is 5.92. The molecule has 1 aliphatic heterocycles. The van der Waals surface area contributed by atoms with Crippen molar-refractivity contribution < 1.29 is 4.79 Å². The minimum Gasteiger partial charge on any atom is -0.368 e. The number of rotatable bonds is 2. The van der Waals surface area contributed by atoms with Gasteiger partial charge in [-0.3, -0.25) is 4.79 Å².